The summed E-state index contributed by atoms with van der Waals surface area (Å²) in [6.07, 6.45) is 2.63. The van der Waals surface area contributed by atoms with E-state index in [1.54, 1.807) is 0 Å². The molecule has 0 radical (unpaired) electrons. The summed E-state index contributed by atoms with van der Waals surface area (Å²) in [7, 11) is 0. The summed E-state index contributed by atoms with van der Waals surface area (Å²) in [5.41, 5.74) is 7.48. The number of nitrogen functional groups attached to an aromatic ring is 1. The number of hydrogen-bond acceptors (Lipinski definition) is 4. The van der Waals surface area contributed by atoms with Gasteiger partial charge in [0.05, 0.1) is 5.69 Å². The first-order valence-corrected chi connectivity index (χ1v) is 6.40. The van der Waals surface area contributed by atoms with Gasteiger partial charge in [0.15, 0.2) is 0 Å². The first kappa shape index (κ1) is 12.2. The molecule has 2 rings (SSSR count). The van der Waals surface area contributed by atoms with Crippen molar-refractivity contribution in [3.8, 4) is 5.88 Å². The van der Waals surface area contributed by atoms with Crippen LogP contribution >= 0.6 is 0 Å². The molecule has 0 spiro atoms. The van der Waals surface area contributed by atoms with Gasteiger partial charge in [-0.2, -0.15) is 5.10 Å². The lowest BCUT2D eigenvalue weighted by Gasteiger charge is -2.15. The minimum Gasteiger partial charge on any atom is -0.475 e. The fraction of sp³-hybridized carbons (Fsp3) is 0.750. The van der Waals surface area contributed by atoms with E-state index in [1.807, 2.05) is 18.5 Å². The van der Waals surface area contributed by atoms with Crippen molar-refractivity contribution in [2.45, 2.75) is 33.2 Å². The number of aryl methyl sites for hydroxylation is 2. The SMILES string of the molecule is CCn1nc(C)c(N)c1OCCN1CCCC1. The van der Waals surface area contributed by atoms with Crippen molar-refractivity contribution < 1.29 is 4.74 Å². The lowest BCUT2D eigenvalue weighted by molar-refractivity contribution is 0.223. The van der Waals surface area contributed by atoms with Crippen molar-refractivity contribution in [2.75, 3.05) is 32.0 Å². The maximum atomic E-state index is 5.95. The molecule has 2 N–H and O–H groups in total. The Labute approximate surface area is 103 Å². The molecular formula is C12H22N4O. The predicted octanol–water partition coefficient (Wildman–Crippen LogP) is 1.27. The second kappa shape index (κ2) is 5.40. The van der Waals surface area contributed by atoms with Gasteiger partial charge in [-0.05, 0) is 39.8 Å². The number of ether oxygens (including phenoxy) is 1. The number of nitrogens with two attached hydrogens (primary N) is 1. The topological polar surface area (TPSA) is 56.3 Å². The molecule has 1 aliphatic rings. The molecule has 0 unspecified atom stereocenters. The third kappa shape index (κ3) is 2.72. The lowest BCUT2D eigenvalue weighted by atomic mass is 10.4. The van der Waals surface area contributed by atoms with E-state index in [0.717, 1.165) is 24.7 Å². The Morgan fingerprint density at radius 1 is 1.35 bits per heavy atom. The van der Waals surface area contributed by atoms with Crippen molar-refractivity contribution in [3.05, 3.63) is 5.69 Å². The molecule has 1 aromatic rings. The fourth-order valence-corrected chi connectivity index (χ4v) is 2.22. The van der Waals surface area contributed by atoms with Crippen molar-refractivity contribution in [1.82, 2.24) is 14.7 Å². The summed E-state index contributed by atoms with van der Waals surface area (Å²) in [6, 6.07) is 0. The van der Waals surface area contributed by atoms with Gasteiger partial charge in [-0.3, -0.25) is 4.90 Å². The van der Waals surface area contributed by atoms with Crippen molar-refractivity contribution in [2.24, 2.45) is 0 Å². The second-order valence-corrected chi connectivity index (χ2v) is 4.52. The number of nitrogens with zero attached hydrogens (tertiary/aromatic N) is 3. The lowest BCUT2D eigenvalue weighted by Crippen LogP contribution is -2.25. The minimum absolute atomic E-state index is 0.674. The predicted molar refractivity (Wildman–Crippen MR) is 68.2 cm³/mol. The zero-order valence-corrected chi connectivity index (χ0v) is 10.8. The Morgan fingerprint density at radius 2 is 2.06 bits per heavy atom. The van der Waals surface area contributed by atoms with Crippen LogP contribution in [0, 0.1) is 6.92 Å². The highest BCUT2D eigenvalue weighted by molar-refractivity contribution is 5.52. The van der Waals surface area contributed by atoms with Crippen molar-refractivity contribution in [1.29, 1.82) is 0 Å². The maximum absolute atomic E-state index is 5.95. The van der Waals surface area contributed by atoms with Crippen LogP contribution in [0.2, 0.25) is 0 Å². The summed E-state index contributed by atoms with van der Waals surface area (Å²) in [6.45, 7) is 8.81. The second-order valence-electron chi connectivity index (χ2n) is 4.52. The van der Waals surface area contributed by atoms with E-state index in [0.29, 0.717) is 12.3 Å². The number of anilines is 1. The van der Waals surface area contributed by atoms with Crippen LogP contribution in [-0.4, -0.2) is 40.9 Å². The zero-order chi connectivity index (χ0) is 12.3. The summed E-state index contributed by atoms with van der Waals surface area (Å²) in [4.78, 5) is 2.43. The van der Waals surface area contributed by atoms with Crippen LogP contribution in [0.1, 0.15) is 25.5 Å². The third-order valence-corrected chi connectivity index (χ3v) is 3.27. The summed E-state index contributed by atoms with van der Waals surface area (Å²) >= 11 is 0. The molecule has 0 amide bonds. The Kier molecular flexibility index (Phi) is 3.89. The van der Waals surface area contributed by atoms with Gasteiger partial charge >= 0.3 is 0 Å². The van der Waals surface area contributed by atoms with Crippen LogP contribution in [0.4, 0.5) is 5.69 Å². The minimum atomic E-state index is 0.674. The normalized spacial score (nSPS) is 16.6. The number of aromatic nitrogens is 2. The van der Waals surface area contributed by atoms with Crippen LogP contribution in [0.3, 0.4) is 0 Å². The van der Waals surface area contributed by atoms with E-state index in [1.165, 1.54) is 25.9 Å². The molecule has 1 saturated heterocycles. The first-order chi connectivity index (χ1) is 8.22. The molecule has 0 saturated carbocycles. The Hall–Kier alpha value is -1.23. The summed E-state index contributed by atoms with van der Waals surface area (Å²) in [5, 5.41) is 4.33. The Morgan fingerprint density at radius 3 is 2.71 bits per heavy atom. The standard InChI is InChI=1S/C12H22N4O/c1-3-16-12(11(13)10(2)14-16)17-9-8-15-6-4-5-7-15/h3-9,13H2,1-2H3. The molecule has 2 heterocycles. The van der Waals surface area contributed by atoms with Crippen LogP contribution < -0.4 is 10.5 Å². The van der Waals surface area contributed by atoms with E-state index in [2.05, 4.69) is 10.00 Å². The molecule has 1 aromatic heterocycles. The molecule has 5 nitrogen and oxygen atoms in total. The highest BCUT2D eigenvalue weighted by Crippen LogP contribution is 2.24. The fourth-order valence-electron chi connectivity index (χ4n) is 2.22. The Balaban J connectivity index is 1.89. The third-order valence-electron chi connectivity index (χ3n) is 3.27. The monoisotopic (exact) mass is 238 g/mol. The molecule has 17 heavy (non-hydrogen) atoms. The molecule has 96 valence electrons. The van der Waals surface area contributed by atoms with Crippen LogP contribution in [0.15, 0.2) is 0 Å². The maximum Gasteiger partial charge on any atom is 0.236 e. The molecule has 0 aliphatic carbocycles. The molecule has 0 atom stereocenters. The van der Waals surface area contributed by atoms with Gasteiger partial charge in [0.25, 0.3) is 0 Å². The van der Waals surface area contributed by atoms with E-state index in [-0.39, 0.29) is 0 Å². The number of likely N-dealkylation sites (tertiary alicyclic amines) is 1. The number of rotatable bonds is 5. The van der Waals surface area contributed by atoms with E-state index >= 15 is 0 Å². The average Bonchev–Trinajstić information content (AvgIpc) is 2.92. The highest BCUT2D eigenvalue weighted by Gasteiger charge is 2.14. The summed E-state index contributed by atoms with van der Waals surface area (Å²) in [5.74, 6) is 0.726. The molecule has 1 fully saturated rings. The van der Waals surface area contributed by atoms with E-state index < -0.39 is 0 Å². The van der Waals surface area contributed by atoms with Crippen LogP contribution in [-0.2, 0) is 6.54 Å². The quantitative estimate of drug-likeness (QED) is 0.839. The smallest absolute Gasteiger partial charge is 0.236 e. The van der Waals surface area contributed by atoms with Gasteiger partial charge in [0, 0.05) is 13.1 Å². The zero-order valence-electron chi connectivity index (χ0n) is 10.8. The van der Waals surface area contributed by atoms with Gasteiger partial charge in [-0.25, -0.2) is 4.68 Å². The van der Waals surface area contributed by atoms with Crippen molar-refractivity contribution in [3.63, 3.8) is 0 Å². The van der Waals surface area contributed by atoms with E-state index in [9.17, 15) is 0 Å². The van der Waals surface area contributed by atoms with E-state index in [4.69, 9.17) is 10.5 Å². The largest absolute Gasteiger partial charge is 0.475 e. The highest BCUT2D eigenvalue weighted by atomic mass is 16.5. The summed E-state index contributed by atoms with van der Waals surface area (Å²) < 4.78 is 7.60. The van der Waals surface area contributed by atoms with Gasteiger partial charge in [-0.15, -0.1) is 0 Å². The van der Waals surface area contributed by atoms with Crippen molar-refractivity contribution >= 4 is 5.69 Å². The molecular weight excluding hydrogens is 216 g/mol. The first-order valence-electron chi connectivity index (χ1n) is 6.40. The van der Waals surface area contributed by atoms with Crippen LogP contribution in [0.5, 0.6) is 5.88 Å². The van der Waals surface area contributed by atoms with Gasteiger partial charge in [-0.1, -0.05) is 0 Å². The Bertz CT molecular complexity index is 369. The van der Waals surface area contributed by atoms with Crippen LogP contribution in [0.25, 0.3) is 0 Å². The molecule has 5 heteroatoms. The molecule has 0 bridgehead atoms. The average molecular weight is 238 g/mol. The molecule has 1 aliphatic heterocycles. The van der Waals surface area contributed by atoms with Gasteiger partial charge < -0.3 is 10.5 Å². The molecule has 0 aromatic carbocycles. The van der Waals surface area contributed by atoms with Gasteiger partial charge in [0.1, 0.15) is 12.3 Å². The number of hydrogen-bond donors (Lipinski definition) is 1. The van der Waals surface area contributed by atoms with Gasteiger partial charge in [0.2, 0.25) is 5.88 Å².